The van der Waals surface area contributed by atoms with Gasteiger partial charge in [0, 0.05) is 31.5 Å². The van der Waals surface area contributed by atoms with Crippen molar-refractivity contribution in [2.45, 2.75) is 38.0 Å². The number of nitrogens with zero attached hydrogens (tertiary/aromatic N) is 1. The maximum atomic E-state index is 14.1. The number of hydrogen-bond donors (Lipinski definition) is 3. The number of piperidine rings is 1. The van der Waals surface area contributed by atoms with E-state index in [1.807, 2.05) is 0 Å². The molecule has 0 atom stereocenters. The molecule has 0 aliphatic carbocycles. The zero-order valence-corrected chi connectivity index (χ0v) is 20.5. The summed E-state index contributed by atoms with van der Waals surface area (Å²) in [5.41, 5.74) is -0.174. The topological polar surface area (TPSA) is 125 Å². The molecule has 1 aliphatic heterocycles. The Labute approximate surface area is 204 Å². The molecule has 3 N–H and O–H groups in total. The maximum Gasteiger partial charge on any atom is 0.303 e. The van der Waals surface area contributed by atoms with Crippen molar-refractivity contribution in [3.63, 3.8) is 0 Å². The van der Waals surface area contributed by atoms with Gasteiger partial charge in [0.2, 0.25) is 5.91 Å². The van der Waals surface area contributed by atoms with Crippen molar-refractivity contribution in [3.05, 3.63) is 59.4 Å². The Morgan fingerprint density at radius 2 is 1.86 bits per heavy atom. The van der Waals surface area contributed by atoms with E-state index in [4.69, 9.17) is 4.74 Å². The number of phenols is 1. The van der Waals surface area contributed by atoms with Gasteiger partial charge < -0.3 is 15.2 Å². The van der Waals surface area contributed by atoms with Gasteiger partial charge in [0.15, 0.2) is 0 Å². The van der Waals surface area contributed by atoms with Crippen LogP contribution in [0.15, 0.2) is 42.5 Å². The zero-order chi connectivity index (χ0) is 25.6. The first-order chi connectivity index (χ1) is 16.6. The van der Waals surface area contributed by atoms with Crippen LogP contribution in [0, 0.1) is 5.82 Å². The molecular weight excluding hydrogens is 477 g/mol. The summed E-state index contributed by atoms with van der Waals surface area (Å²) in [6.45, 7) is 1.99. The number of carbonyl (C=O) groups is 2. The van der Waals surface area contributed by atoms with Crippen LogP contribution in [0.1, 0.15) is 48.5 Å². The van der Waals surface area contributed by atoms with Gasteiger partial charge in [0.05, 0.1) is 7.11 Å². The Kier molecular flexibility index (Phi) is 8.34. The summed E-state index contributed by atoms with van der Waals surface area (Å²) in [5.74, 6) is -1.63. The Morgan fingerprint density at radius 3 is 2.49 bits per heavy atom. The Balaban J connectivity index is 1.82. The molecule has 2 amide bonds. The lowest BCUT2D eigenvalue weighted by Gasteiger charge is -2.41. The van der Waals surface area contributed by atoms with E-state index in [0.29, 0.717) is 12.0 Å². The van der Waals surface area contributed by atoms with Crippen molar-refractivity contribution in [1.29, 1.82) is 0 Å². The first-order valence-corrected chi connectivity index (χ1v) is 12.8. The molecule has 190 valence electrons. The lowest BCUT2D eigenvalue weighted by atomic mass is 9.73. The molecule has 1 fully saturated rings. The van der Waals surface area contributed by atoms with E-state index < -0.39 is 33.3 Å². The number of aromatic hydroxyl groups is 1. The van der Waals surface area contributed by atoms with Crippen LogP contribution >= 0.6 is 0 Å². The van der Waals surface area contributed by atoms with Gasteiger partial charge in [-0.2, -0.15) is 12.7 Å². The van der Waals surface area contributed by atoms with Crippen LogP contribution in [-0.2, 0) is 20.4 Å². The molecule has 0 saturated carbocycles. The van der Waals surface area contributed by atoms with Gasteiger partial charge in [0.25, 0.3) is 5.91 Å². The number of hydrogen-bond acceptors (Lipinski definition) is 6. The van der Waals surface area contributed by atoms with Crippen molar-refractivity contribution < 1.29 is 32.2 Å². The molecule has 9 nitrogen and oxygen atoms in total. The van der Waals surface area contributed by atoms with E-state index in [1.165, 1.54) is 29.6 Å². The number of ether oxygens (including phenoxy) is 1. The second-order valence-electron chi connectivity index (χ2n) is 8.51. The molecule has 0 spiro atoms. The van der Waals surface area contributed by atoms with Crippen molar-refractivity contribution in [1.82, 2.24) is 14.3 Å². The van der Waals surface area contributed by atoms with Gasteiger partial charge in [-0.15, -0.1) is 0 Å². The molecule has 0 bridgehead atoms. The molecule has 35 heavy (non-hydrogen) atoms. The van der Waals surface area contributed by atoms with E-state index in [0.717, 1.165) is 0 Å². The summed E-state index contributed by atoms with van der Waals surface area (Å²) in [7, 11) is -2.63. The number of methoxy groups -OCH3 is 1. The fourth-order valence-corrected chi connectivity index (χ4v) is 5.46. The van der Waals surface area contributed by atoms with Crippen LogP contribution in [0.4, 0.5) is 4.39 Å². The molecule has 0 aromatic heterocycles. The van der Waals surface area contributed by atoms with E-state index in [2.05, 4.69) is 10.0 Å². The lowest BCUT2D eigenvalue weighted by Crippen LogP contribution is -2.53. The summed E-state index contributed by atoms with van der Waals surface area (Å²) in [6.07, 6.45) is 1.17. The third-order valence-corrected chi connectivity index (χ3v) is 7.75. The molecule has 1 saturated heterocycles. The van der Waals surface area contributed by atoms with Crippen LogP contribution in [-0.4, -0.2) is 56.4 Å². The molecule has 2 aromatic carbocycles. The molecule has 3 rings (SSSR count). The second kappa shape index (κ2) is 11.0. The molecular formula is C24H30FN3O6S. The molecule has 1 aliphatic rings. The van der Waals surface area contributed by atoms with Crippen molar-refractivity contribution in [2.24, 2.45) is 0 Å². The Bertz CT molecular complexity index is 1180. The Morgan fingerprint density at radius 1 is 1.17 bits per heavy atom. The fourth-order valence-electron chi connectivity index (χ4n) is 4.28. The summed E-state index contributed by atoms with van der Waals surface area (Å²) >= 11 is 0. The molecule has 11 heteroatoms. The highest BCUT2D eigenvalue weighted by Crippen LogP contribution is 2.36. The van der Waals surface area contributed by atoms with Crippen LogP contribution in [0.2, 0.25) is 0 Å². The first-order valence-electron chi connectivity index (χ1n) is 11.3. The van der Waals surface area contributed by atoms with E-state index >= 15 is 0 Å². The number of halogens is 1. The maximum absolute atomic E-state index is 14.1. The zero-order valence-electron chi connectivity index (χ0n) is 19.7. The smallest absolute Gasteiger partial charge is 0.303 e. The number of carbonyl (C=O) groups excluding carboxylic acids is 2. The minimum absolute atomic E-state index is 0.0250. The predicted molar refractivity (Wildman–Crippen MR) is 128 cm³/mol. The van der Waals surface area contributed by atoms with Gasteiger partial charge in [-0.25, -0.2) is 9.11 Å². The quantitative estimate of drug-likeness (QED) is 0.479. The SMILES string of the molecule is CCCC(=O)NS(=O)(=O)N1CCC(CNC(=O)c2c(O)cccc2OC)(c2cccc(F)c2)CC1. The third kappa shape index (κ3) is 6.09. The highest BCUT2D eigenvalue weighted by Gasteiger charge is 2.40. The molecule has 2 aromatic rings. The van der Waals surface area contributed by atoms with Gasteiger partial charge in [-0.05, 0) is 49.1 Å². The summed E-state index contributed by atoms with van der Waals surface area (Å²) in [4.78, 5) is 24.8. The van der Waals surface area contributed by atoms with Crippen LogP contribution in [0.5, 0.6) is 11.5 Å². The summed E-state index contributed by atoms with van der Waals surface area (Å²) in [5, 5.41) is 13.0. The van der Waals surface area contributed by atoms with Crippen LogP contribution in [0.25, 0.3) is 0 Å². The fraction of sp³-hybridized carbons (Fsp3) is 0.417. The van der Waals surface area contributed by atoms with Gasteiger partial charge in [-0.3, -0.25) is 9.59 Å². The first kappa shape index (κ1) is 26.4. The minimum atomic E-state index is -4.01. The van der Waals surface area contributed by atoms with Gasteiger partial charge in [0.1, 0.15) is 22.9 Å². The lowest BCUT2D eigenvalue weighted by molar-refractivity contribution is -0.119. The Hall–Kier alpha value is -3.18. The van der Waals surface area contributed by atoms with Crippen molar-refractivity contribution >= 4 is 22.0 Å². The van der Waals surface area contributed by atoms with E-state index in [9.17, 15) is 27.5 Å². The summed E-state index contributed by atoms with van der Waals surface area (Å²) in [6, 6.07) is 10.5. The summed E-state index contributed by atoms with van der Waals surface area (Å²) < 4.78 is 47.9. The molecule has 0 unspecified atom stereocenters. The number of rotatable bonds is 9. The second-order valence-corrected chi connectivity index (χ2v) is 10.2. The number of phenolic OH excluding ortho intramolecular Hbond substituents is 1. The predicted octanol–water partition coefficient (Wildman–Crippen LogP) is 2.46. The molecule has 0 radical (unpaired) electrons. The number of benzene rings is 2. The minimum Gasteiger partial charge on any atom is -0.507 e. The van der Waals surface area contributed by atoms with Crippen molar-refractivity contribution in [3.8, 4) is 11.5 Å². The number of amides is 2. The number of nitrogens with one attached hydrogen (secondary N) is 2. The van der Waals surface area contributed by atoms with Crippen molar-refractivity contribution in [2.75, 3.05) is 26.7 Å². The monoisotopic (exact) mass is 507 g/mol. The normalized spacial score (nSPS) is 15.9. The van der Waals surface area contributed by atoms with Crippen LogP contribution < -0.4 is 14.8 Å². The average Bonchev–Trinajstić information content (AvgIpc) is 2.82. The third-order valence-electron chi connectivity index (χ3n) is 6.21. The van der Waals surface area contributed by atoms with E-state index in [1.54, 1.807) is 31.2 Å². The van der Waals surface area contributed by atoms with Gasteiger partial charge in [-0.1, -0.05) is 25.1 Å². The van der Waals surface area contributed by atoms with Gasteiger partial charge >= 0.3 is 10.2 Å². The highest BCUT2D eigenvalue weighted by molar-refractivity contribution is 7.87. The average molecular weight is 508 g/mol. The van der Waals surface area contributed by atoms with Crippen LogP contribution in [0.3, 0.4) is 0 Å². The highest BCUT2D eigenvalue weighted by atomic mass is 32.2. The standard InChI is InChI=1S/C24H30FN3O6S/c1-3-6-21(30)27-35(32,33)28-13-11-24(12-14-28,17-7-4-8-18(25)15-17)16-26-23(31)22-19(29)9-5-10-20(22)34-2/h4-5,7-10,15,29H,3,6,11-14,16H2,1-2H3,(H,26,31)(H,27,30). The largest absolute Gasteiger partial charge is 0.507 e. The van der Waals surface area contributed by atoms with E-state index in [-0.39, 0.29) is 56.0 Å². The molecule has 1 heterocycles.